The Kier molecular flexibility index (Phi) is 7.66. The second-order valence-corrected chi connectivity index (χ2v) is 9.85. The summed E-state index contributed by atoms with van der Waals surface area (Å²) in [5.41, 5.74) is 4.91. The number of aromatic nitrogens is 5. The van der Waals surface area contributed by atoms with Crippen molar-refractivity contribution >= 4 is 74.0 Å². The second kappa shape index (κ2) is 11.3. The first-order chi connectivity index (χ1) is 18.6. The van der Waals surface area contributed by atoms with Gasteiger partial charge in [-0.3, -0.25) is 9.89 Å². The minimum Gasteiger partial charge on any atom is -0.493 e. The molecule has 1 aliphatic heterocycles. The van der Waals surface area contributed by atoms with Gasteiger partial charge >= 0.3 is 0 Å². The van der Waals surface area contributed by atoms with Crippen molar-refractivity contribution in [2.45, 2.75) is 12.8 Å². The normalized spacial score (nSPS) is 15.1. The van der Waals surface area contributed by atoms with Crippen molar-refractivity contribution in [3.05, 3.63) is 48.1 Å². The third-order valence-electron chi connectivity index (χ3n) is 6.62. The van der Waals surface area contributed by atoms with Gasteiger partial charge in [-0.1, -0.05) is 0 Å². The standard InChI is InChI=1S/C26H26N8O3S.ClH/c1-36-20-8-6-18(11-21(20)37-2)29-23-22-25(38-14-27-22)32-26(31-23)34-9-3-4-15(13-34)24(35)30-17-5-7-19-16(10-17)12-28-33-19;/h5-8,10-12,14-15H,3-4,9,13H2,1-2H3,(H,28,33)(H,30,35)(H,29,31,32);1H. The number of hydrogen-bond acceptors (Lipinski definition) is 10. The highest BCUT2D eigenvalue weighted by Gasteiger charge is 2.28. The highest BCUT2D eigenvalue weighted by Crippen LogP contribution is 2.34. The van der Waals surface area contributed by atoms with Crippen molar-refractivity contribution in [2.24, 2.45) is 5.92 Å². The number of nitrogens with one attached hydrogen (secondary N) is 3. The van der Waals surface area contributed by atoms with Crippen molar-refractivity contribution in [1.29, 1.82) is 0 Å². The van der Waals surface area contributed by atoms with Crippen LogP contribution in [-0.2, 0) is 4.79 Å². The van der Waals surface area contributed by atoms with Gasteiger partial charge in [0.05, 0.1) is 37.4 Å². The molecule has 2 aromatic carbocycles. The number of fused-ring (bicyclic) bond motifs is 2. The van der Waals surface area contributed by atoms with Crippen LogP contribution in [0.2, 0.25) is 0 Å². The van der Waals surface area contributed by atoms with Crippen molar-refractivity contribution in [3.8, 4) is 11.5 Å². The molecule has 3 aromatic heterocycles. The third-order valence-corrected chi connectivity index (χ3v) is 7.33. The van der Waals surface area contributed by atoms with E-state index < -0.39 is 0 Å². The Hall–Kier alpha value is -4.16. The summed E-state index contributed by atoms with van der Waals surface area (Å²) < 4.78 is 10.8. The van der Waals surface area contributed by atoms with E-state index in [0.717, 1.165) is 46.5 Å². The van der Waals surface area contributed by atoms with Gasteiger partial charge in [0, 0.05) is 35.9 Å². The second-order valence-electron chi connectivity index (χ2n) is 9.02. The highest BCUT2D eigenvalue weighted by molar-refractivity contribution is 7.16. The van der Waals surface area contributed by atoms with Crippen molar-refractivity contribution in [2.75, 3.05) is 42.8 Å². The molecule has 0 radical (unpaired) electrons. The number of halogens is 1. The van der Waals surface area contributed by atoms with Crippen LogP contribution in [0.1, 0.15) is 12.8 Å². The molecular weight excluding hydrogens is 540 g/mol. The Morgan fingerprint density at radius 3 is 2.79 bits per heavy atom. The number of nitrogens with zero attached hydrogens (tertiary/aromatic N) is 5. The molecule has 5 aromatic rings. The number of hydrogen-bond donors (Lipinski definition) is 3. The summed E-state index contributed by atoms with van der Waals surface area (Å²) in [6.07, 6.45) is 3.41. The molecule has 1 amide bonds. The molecule has 6 rings (SSSR count). The van der Waals surface area contributed by atoms with Gasteiger partial charge in [0.15, 0.2) is 22.1 Å². The summed E-state index contributed by atoms with van der Waals surface area (Å²) >= 11 is 1.45. The van der Waals surface area contributed by atoms with Crippen LogP contribution in [0, 0.1) is 5.92 Å². The maximum atomic E-state index is 13.2. The smallest absolute Gasteiger partial charge is 0.229 e. The lowest BCUT2D eigenvalue weighted by Gasteiger charge is -2.32. The zero-order valence-corrected chi connectivity index (χ0v) is 22.9. The first-order valence-corrected chi connectivity index (χ1v) is 13.1. The number of benzene rings is 2. The van der Waals surface area contributed by atoms with Crippen LogP contribution in [-0.4, -0.2) is 58.4 Å². The van der Waals surface area contributed by atoms with Gasteiger partial charge in [-0.25, -0.2) is 4.98 Å². The van der Waals surface area contributed by atoms with Crippen LogP contribution >= 0.6 is 23.7 Å². The average Bonchev–Trinajstić information content (AvgIpc) is 3.62. The molecule has 11 nitrogen and oxygen atoms in total. The van der Waals surface area contributed by atoms with Crippen LogP contribution in [0.15, 0.2) is 48.1 Å². The predicted octanol–water partition coefficient (Wildman–Crippen LogP) is 5.00. The predicted molar refractivity (Wildman–Crippen MR) is 155 cm³/mol. The number of amides is 1. The van der Waals surface area contributed by atoms with Crippen LogP contribution < -0.4 is 25.0 Å². The average molecular weight is 567 g/mol. The summed E-state index contributed by atoms with van der Waals surface area (Å²) in [4.78, 5) is 30.1. The van der Waals surface area contributed by atoms with E-state index >= 15 is 0 Å². The number of carbonyl (C=O) groups excluding carboxylic acids is 1. The van der Waals surface area contributed by atoms with Crippen molar-refractivity contribution in [1.82, 2.24) is 25.1 Å². The minimum absolute atomic E-state index is 0. The van der Waals surface area contributed by atoms with E-state index in [2.05, 4.69) is 30.7 Å². The third kappa shape index (κ3) is 5.38. The lowest BCUT2D eigenvalue weighted by molar-refractivity contribution is -0.120. The summed E-state index contributed by atoms with van der Waals surface area (Å²) in [7, 11) is 3.20. The van der Waals surface area contributed by atoms with Crippen LogP contribution in [0.25, 0.3) is 21.3 Å². The quantitative estimate of drug-likeness (QED) is 0.249. The number of aromatic amines is 1. The molecule has 4 heterocycles. The molecule has 1 saturated heterocycles. The maximum Gasteiger partial charge on any atom is 0.229 e. The van der Waals surface area contributed by atoms with Crippen LogP contribution in [0.5, 0.6) is 11.5 Å². The van der Waals surface area contributed by atoms with Gasteiger partial charge in [-0.05, 0) is 43.2 Å². The molecule has 0 aliphatic carbocycles. The Morgan fingerprint density at radius 1 is 1.10 bits per heavy atom. The molecule has 0 saturated carbocycles. The van der Waals surface area contributed by atoms with E-state index in [1.165, 1.54) is 11.3 Å². The maximum absolute atomic E-state index is 13.2. The fourth-order valence-electron chi connectivity index (χ4n) is 4.67. The number of H-pyrrole nitrogens is 1. The Labute approximate surface area is 234 Å². The number of thiazole rings is 1. The molecule has 0 spiro atoms. The van der Waals surface area contributed by atoms with E-state index in [1.54, 1.807) is 25.9 Å². The van der Waals surface area contributed by atoms with Gasteiger partial charge in [0.25, 0.3) is 0 Å². The van der Waals surface area contributed by atoms with Gasteiger partial charge in [0.2, 0.25) is 11.9 Å². The van der Waals surface area contributed by atoms with Crippen molar-refractivity contribution in [3.63, 3.8) is 0 Å². The number of methoxy groups -OCH3 is 2. The number of anilines is 4. The Morgan fingerprint density at radius 2 is 1.95 bits per heavy atom. The van der Waals surface area contributed by atoms with E-state index in [9.17, 15) is 4.79 Å². The SMILES string of the molecule is COc1ccc(Nc2nc(N3CCCC(C(=O)Nc4ccc5[nH]ncc5c4)C3)nc3scnc23)cc1OC.Cl. The number of piperidine rings is 1. The molecule has 0 bridgehead atoms. The lowest BCUT2D eigenvalue weighted by atomic mass is 9.97. The summed E-state index contributed by atoms with van der Waals surface area (Å²) in [5, 5.41) is 14.3. The first kappa shape index (κ1) is 26.4. The molecule has 1 atom stereocenters. The van der Waals surface area contributed by atoms with E-state index in [-0.39, 0.29) is 24.2 Å². The Balaban J connectivity index is 0.00000308. The number of carbonyl (C=O) groups is 1. The summed E-state index contributed by atoms with van der Waals surface area (Å²) in [6.45, 7) is 1.30. The van der Waals surface area contributed by atoms with E-state index in [1.807, 2.05) is 36.4 Å². The van der Waals surface area contributed by atoms with E-state index in [4.69, 9.17) is 19.4 Å². The summed E-state index contributed by atoms with van der Waals surface area (Å²) in [5.74, 6) is 2.22. The van der Waals surface area contributed by atoms with Gasteiger partial charge < -0.3 is 25.0 Å². The molecule has 3 N–H and O–H groups in total. The zero-order valence-electron chi connectivity index (χ0n) is 21.3. The molecule has 1 fully saturated rings. The lowest BCUT2D eigenvalue weighted by Crippen LogP contribution is -2.41. The highest BCUT2D eigenvalue weighted by atomic mass is 35.5. The monoisotopic (exact) mass is 566 g/mol. The molecular formula is C26H27ClN8O3S. The number of ether oxygens (including phenoxy) is 2. The molecule has 1 unspecified atom stereocenters. The van der Waals surface area contributed by atoms with Crippen LogP contribution in [0.4, 0.5) is 23.1 Å². The fraction of sp³-hybridized carbons (Fsp3) is 0.269. The summed E-state index contributed by atoms with van der Waals surface area (Å²) in [6, 6.07) is 11.3. The largest absolute Gasteiger partial charge is 0.493 e. The minimum atomic E-state index is -0.188. The fourth-order valence-corrected chi connectivity index (χ4v) is 5.32. The van der Waals surface area contributed by atoms with Crippen molar-refractivity contribution < 1.29 is 14.3 Å². The molecule has 202 valence electrons. The molecule has 13 heteroatoms. The topological polar surface area (TPSA) is 130 Å². The van der Waals surface area contributed by atoms with Crippen LogP contribution in [0.3, 0.4) is 0 Å². The first-order valence-electron chi connectivity index (χ1n) is 12.2. The molecule has 1 aliphatic rings. The number of rotatable bonds is 7. The van der Waals surface area contributed by atoms with Gasteiger partial charge in [-0.15, -0.1) is 23.7 Å². The zero-order chi connectivity index (χ0) is 26.1. The van der Waals surface area contributed by atoms with E-state index in [0.29, 0.717) is 35.3 Å². The Bertz CT molecular complexity index is 1620. The molecule has 39 heavy (non-hydrogen) atoms. The van der Waals surface area contributed by atoms with Gasteiger partial charge in [-0.2, -0.15) is 15.1 Å². The van der Waals surface area contributed by atoms with Gasteiger partial charge in [0.1, 0.15) is 5.52 Å².